The molecule has 0 aromatic carbocycles. The number of hydrogen-bond donors (Lipinski definition) is 1. The van der Waals surface area contributed by atoms with E-state index in [4.69, 9.17) is 9.26 Å². The molecule has 0 saturated carbocycles. The first-order valence-corrected chi connectivity index (χ1v) is 6.96. The Hall–Kier alpha value is -0.870. The van der Waals surface area contributed by atoms with Gasteiger partial charge in [0.05, 0.1) is 5.69 Å². The highest BCUT2D eigenvalue weighted by Crippen LogP contribution is 2.14. The highest BCUT2D eigenvalue weighted by molar-refractivity contribution is 5.03. The van der Waals surface area contributed by atoms with Gasteiger partial charge in [0, 0.05) is 19.2 Å². The minimum absolute atomic E-state index is 0.527. The topological polar surface area (TPSA) is 47.3 Å². The van der Waals surface area contributed by atoms with Crippen LogP contribution in [0.1, 0.15) is 51.0 Å². The van der Waals surface area contributed by atoms with Gasteiger partial charge in [-0.25, -0.2) is 0 Å². The first-order chi connectivity index (χ1) is 8.80. The van der Waals surface area contributed by atoms with E-state index in [0.717, 1.165) is 24.6 Å². The van der Waals surface area contributed by atoms with E-state index in [-0.39, 0.29) is 0 Å². The fourth-order valence-electron chi connectivity index (χ4n) is 1.91. The fourth-order valence-corrected chi connectivity index (χ4v) is 1.91. The van der Waals surface area contributed by atoms with Gasteiger partial charge in [-0.2, -0.15) is 0 Å². The molecule has 1 aromatic rings. The number of ether oxygens (including phenoxy) is 1. The molecule has 104 valence electrons. The van der Waals surface area contributed by atoms with Crippen molar-refractivity contribution in [2.24, 2.45) is 5.92 Å². The van der Waals surface area contributed by atoms with Crippen molar-refractivity contribution in [2.75, 3.05) is 13.7 Å². The molecule has 1 N–H and O–H groups in total. The van der Waals surface area contributed by atoms with Gasteiger partial charge in [-0.3, -0.25) is 0 Å². The van der Waals surface area contributed by atoms with Crippen LogP contribution in [0, 0.1) is 5.92 Å². The van der Waals surface area contributed by atoms with Crippen LogP contribution in [0.5, 0.6) is 0 Å². The van der Waals surface area contributed by atoms with Crippen LogP contribution in [0.3, 0.4) is 0 Å². The summed E-state index contributed by atoms with van der Waals surface area (Å²) in [5, 5.41) is 7.00. The molecule has 1 aromatic heterocycles. The van der Waals surface area contributed by atoms with Crippen molar-refractivity contribution in [3.05, 3.63) is 17.5 Å². The summed E-state index contributed by atoms with van der Waals surface area (Å²) in [6.07, 6.45) is 4.98. The molecule has 0 bridgehead atoms. The van der Waals surface area contributed by atoms with Crippen molar-refractivity contribution >= 4 is 0 Å². The summed E-state index contributed by atoms with van der Waals surface area (Å²) in [4.78, 5) is 0. The van der Waals surface area contributed by atoms with Crippen molar-refractivity contribution in [1.82, 2.24) is 10.5 Å². The Bertz CT molecular complexity index is 312. The minimum Gasteiger partial charge on any atom is -0.373 e. The third-order valence-corrected chi connectivity index (χ3v) is 3.11. The number of unbranched alkanes of at least 4 members (excludes halogenated alkanes) is 1. The van der Waals surface area contributed by atoms with Gasteiger partial charge >= 0.3 is 0 Å². The summed E-state index contributed by atoms with van der Waals surface area (Å²) in [6, 6.07) is 1.95. The van der Waals surface area contributed by atoms with Crippen LogP contribution in [-0.2, 0) is 17.9 Å². The summed E-state index contributed by atoms with van der Waals surface area (Å²) >= 11 is 0. The predicted molar refractivity (Wildman–Crippen MR) is 72.2 cm³/mol. The van der Waals surface area contributed by atoms with Crippen molar-refractivity contribution in [3.63, 3.8) is 0 Å². The van der Waals surface area contributed by atoms with Gasteiger partial charge in [0.1, 0.15) is 6.61 Å². The van der Waals surface area contributed by atoms with Crippen LogP contribution in [0.2, 0.25) is 0 Å². The smallest absolute Gasteiger partial charge is 0.162 e. The van der Waals surface area contributed by atoms with E-state index in [1.165, 1.54) is 25.7 Å². The Kier molecular flexibility index (Phi) is 7.69. The number of nitrogens with one attached hydrogen (secondary N) is 1. The first kappa shape index (κ1) is 15.2. The standard InChI is InChI=1S/C14H26N2O2/c1-4-6-7-12(5-2)10-17-11-14-8-13(9-15-3)16-18-14/h8,12,15H,4-7,9-11H2,1-3H3. The molecule has 1 heterocycles. The predicted octanol–water partition coefficient (Wildman–Crippen LogP) is 3.13. The van der Waals surface area contributed by atoms with Crippen molar-refractivity contribution < 1.29 is 9.26 Å². The second-order valence-corrected chi connectivity index (χ2v) is 4.75. The Morgan fingerprint density at radius 3 is 2.94 bits per heavy atom. The summed E-state index contributed by atoms with van der Waals surface area (Å²) < 4.78 is 10.9. The molecule has 4 heteroatoms. The van der Waals surface area contributed by atoms with Crippen LogP contribution >= 0.6 is 0 Å². The zero-order valence-corrected chi connectivity index (χ0v) is 11.9. The third-order valence-electron chi connectivity index (χ3n) is 3.11. The van der Waals surface area contributed by atoms with Gasteiger partial charge in [0.25, 0.3) is 0 Å². The lowest BCUT2D eigenvalue weighted by molar-refractivity contribution is 0.0675. The average molecular weight is 254 g/mol. The van der Waals surface area contributed by atoms with E-state index in [1.807, 2.05) is 13.1 Å². The Morgan fingerprint density at radius 2 is 2.28 bits per heavy atom. The van der Waals surface area contributed by atoms with E-state index in [2.05, 4.69) is 24.3 Å². The maximum atomic E-state index is 5.71. The molecule has 0 radical (unpaired) electrons. The normalized spacial score (nSPS) is 12.8. The molecule has 0 fully saturated rings. The molecule has 1 rings (SSSR count). The zero-order valence-electron chi connectivity index (χ0n) is 11.9. The SMILES string of the molecule is CCCCC(CC)COCc1cc(CNC)no1. The lowest BCUT2D eigenvalue weighted by atomic mass is 10.0. The number of aromatic nitrogens is 1. The van der Waals surface area contributed by atoms with Gasteiger partial charge in [0.15, 0.2) is 5.76 Å². The quantitative estimate of drug-likeness (QED) is 0.697. The van der Waals surface area contributed by atoms with E-state index < -0.39 is 0 Å². The van der Waals surface area contributed by atoms with E-state index >= 15 is 0 Å². The maximum absolute atomic E-state index is 5.71. The van der Waals surface area contributed by atoms with Crippen LogP contribution in [0.15, 0.2) is 10.6 Å². The van der Waals surface area contributed by atoms with E-state index in [1.54, 1.807) is 0 Å². The largest absolute Gasteiger partial charge is 0.373 e. The summed E-state index contributed by atoms with van der Waals surface area (Å²) in [5.41, 5.74) is 0.925. The van der Waals surface area contributed by atoms with Crippen molar-refractivity contribution in [1.29, 1.82) is 0 Å². The molecule has 18 heavy (non-hydrogen) atoms. The summed E-state index contributed by atoms with van der Waals surface area (Å²) in [7, 11) is 1.89. The first-order valence-electron chi connectivity index (χ1n) is 6.96. The number of hydrogen-bond acceptors (Lipinski definition) is 4. The molecular weight excluding hydrogens is 228 g/mol. The summed E-state index contributed by atoms with van der Waals surface area (Å²) in [5.74, 6) is 1.48. The molecule has 0 spiro atoms. The van der Waals surface area contributed by atoms with Gasteiger partial charge in [-0.1, -0.05) is 38.3 Å². The van der Waals surface area contributed by atoms with Gasteiger partial charge in [-0.15, -0.1) is 0 Å². The lowest BCUT2D eigenvalue weighted by Crippen LogP contribution is -2.08. The molecular formula is C14H26N2O2. The van der Waals surface area contributed by atoms with Crippen molar-refractivity contribution in [3.8, 4) is 0 Å². The van der Waals surface area contributed by atoms with E-state index in [9.17, 15) is 0 Å². The highest BCUT2D eigenvalue weighted by atomic mass is 16.5. The van der Waals surface area contributed by atoms with Gasteiger partial charge in [-0.05, 0) is 19.4 Å². The lowest BCUT2D eigenvalue weighted by Gasteiger charge is -2.13. The van der Waals surface area contributed by atoms with Crippen LogP contribution < -0.4 is 5.32 Å². The molecule has 0 aliphatic carbocycles. The van der Waals surface area contributed by atoms with Crippen molar-refractivity contribution in [2.45, 2.75) is 52.7 Å². The number of nitrogens with zero attached hydrogens (tertiary/aromatic N) is 1. The minimum atomic E-state index is 0.527. The van der Waals surface area contributed by atoms with Crippen LogP contribution in [0.25, 0.3) is 0 Å². The second-order valence-electron chi connectivity index (χ2n) is 4.75. The molecule has 4 nitrogen and oxygen atoms in total. The monoisotopic (exact) mass is 254 g/mol. The van der Waals surface area contributed by atoms with Gasteiger partial charge in [0.2, 0.25) is 0 Å². The van der Waals surface area contributed by atoms with Gasteiger partial charge < -0.3 is 14.6 Å². The maximum Gasteiger partial charge on any atom is 0.162 e. The molecule has 1 atom stereocenters. The van der Waals surface area contributed by atoms with E-state index in [0.29, 0.717) is 12.5 Å². The molecule has 0 aliphatic rings. The number of rotatable bonds is 10. The Balaban J connectivity index is 2.22. The molecule has 0 aliphatic heterocycles. The Labute approximate surface area is 110 Å². The average Bonchev–Trinajstić information content (AvgIpc) is 2.82. The molecule has 1 unspecified atom stereocenters. The second kappa shape index (κ2) is 9.11. The van der Waals surface area contributed by atoms with Crippen LogP contribution in [0.4, 0.5) is 0 Å². The molecule has 0 amide bonds. The molecule has 0 saturated heterocycles. The fraction of sp³-hybridized carbons (Fsp3) is 0.786. The summed E-state index contributed by atoms with van der Waals surface area (Å²) in [6.45, 7) is 6.53. The highest BCUT2D eigenvalue weighted by Gasteiger charge is 2.08. The Morgan fingerprint density at radius 1 is 1.44 bits per heavy atom. The zero-order chi connectivity index (χ0) is 13.2. The van der Waals surface area contributed by atoms with Crippen LogP contribution in [-0.4, -0.2) is 18.8 Å². The third kappa shape index (κ3) is 5.65.